The lowest BCUT2D eigenvalue weighted by molar-refractivity contribution is 0.0890. The number of benzene rings is 1. The number of amides is 1. The van der Waals surface area contributed by atoms with E-state index in [-0.39, 0.29) is 18.1 Å². The van der Waals surface area contributed by atoms with Crippen LogP contribution in [0.1, 0.15) is 41.9 Å². The topological polar surface area (TPSA) is 103 Å². The summed E-state index contributed by atoms with van der Waals surface area (Å²) in [5, 5.41) is 11.0. The fourth-order valence-corrected chi connectivity index (χ4v) is 3.38. The van der Waals surface area contributed by atoms with Crippen LogP contribution in [0.5, 0.6) is 5.88 Å². The monoisotopic (exact) mass is 379 g/mol. The van der Waals surface area contributed by atoms with Gasteiger partial charge >= 0.3 is 0 Å². The Hall–Kier alpha value is -3.29. The van der Waals surface area contributed by atoms with E-state index in [1.54, 1.807) is 31.6 Å². The molecule has 1 aliphatic carbocycles. The first-order valence-corrected chi connectivity index (χ1v) is 9.32. The summed E-state index contributed by atoms with van der Waals surface area (Å²) in [6, 6.07) is 7.36. The first-order valence-electron chi connectivity index (χ1n) is 9.32. The molecule has 1 saturated carbocycles. The van der Waals surface area contributed by atoms with Crippen molar-refractivity contribution in [3.05, 3.63) is 54.3 Å². The molecule has 1 aliphatic rings. The Morgan fingerprint density at radius 3 is 2.68 bits per heavy atom. The van der Waals surface area contributed by atoms with Gasteiger partial charge in [-0.2, -0.15) is 0 Å². The minimum atomic E-state index is -0.134. The van der Waals surface area contributed by atoms with Gasteiger partial charge in [-0.25, -0.2) is 4.98 Å². The number of carbonyl (C=O) groups excluding carboxylic acids is 1. The number of aryl methyl sites for hydroxylation is 1. The zero-order valence-electron chi connectivity index (χ0n) is 15.5. The molecular weight excluding hydrogens is 358 g/mol. The average Bonchev–Trinajstić information content (AvgIpc) is 3.16. The maximum Gasteiger partial charge on any atom is 0.252 e. The fourth-order valence-electron chi connectivity index (χ4n) is 3.38. The minimum Gasteiger partial charge on any atom is -0.473 e. The third-order valence-corrected chi connectivity index (χ3v) is 4.76. The fraction of sp³-hybridized carbons (Fsp3) is 0.350. The second kappa shape index (κ2) is 8.16. The Bertz CT molecular complexity index is 936. The van der Waals surface area contributed by atoms with Gasteiger partial charge in [0, 0.05) is 25.4 Å². The van der Waals surface area contributed by atoms with Gasteiger partial charge in [0.15, 0.2) is 0 Å². The number of aromatic nitrogens is 4. The Morgan fingerprint density at radius 1 is 1.14 bits per heavy atom. The van der Waals surface area contributed by atoms with Crippen molar-refractivity contribution in [1.29, 1.82) is 0 Å². The summed E-state index contributed by atoms with van der Waals surface area (Å²) >= 11 is 0. The largest absolute Gasteiger partial charge is 0.473 e. The van der Waals surface area contributed by atoms with Gasteiger partial charge in [-0.05, 0) is 37.8 Å². The van der Waals surface area contributed by atoms with Gasteiger partial charge in [0.2, 0.25) is 17.7 Å². The smallest absolute Gasteiger partial charge is 0.252 e. The first kappa shape index (κ1) is 18.1. The van der Waals surface area contributed by atoms with E-state index in [0.29, 0.717) is 28.8 Å². The molecule has 0 unspecified atom stereocenters. The highest BCUT2D eigenvalue weighted by molar-refractivity contribution is 6.00. The average molecular weight is 379 g/mol. The van der Waals surface area contributed by atoms with Crippen molar-refractivity contribution in [3.8, 4) is 17.3 Å². The van der Waals surface area contributed by atoms with Crippen LogP contribution in [0.15, 0.2) is 47.3 Å². The van der Waals surface area contributed by atoms with Gasteiger partial charge < -0.3 is 14.5 Å². The van der Waals surface area contributed by atoms with Crippen LogP contribution in [-0.4, -0.2) is 38.2 Å². The van der Waals surface area contributed by atoms with Gasteiger partial charge in [-0.15, -0.1) is 10.2 Å². The minimum absolute atomic E-state index is 0.0958. The quantitative estimate of drug-likeness (QED) is 0.727. The van der Waals surface area contributed by atoms with Crippen molar-refractivity contribution >= 4 is 5.91 Å². The van der Waals surface area contributed by atoms with Crippen LogP contribution in [0.3, 0.4) is 0 Å². The molecule has 8 heteroatoms. The molecule has 3 aromatic rings. The highest BCUT2D eigenvalue weighted by atomic mass is 16.5. The molecule has 0 atom stereocenters. The Kier molecular flexibility index (Phi) is 5.27. The van der Waals surface area contributed by atoms with Crippen molar-refractivity contribution in [2.75, 3.05) is 0 Å². The summed E-state index contributed by atoms with van der Waals surface area (Å²) < 4.78 is 11.3. The van der Waals surface area contributed by atoms with E-state index in [4.69, 9.17) is 9.15 Å². The molecule has 0 saturated heterocycles. The molecule has 1 aromatic carbocycles. The maximum absolute atomic E-state index is 12.8. The number of rotatable bonds is 5. The molecule has 144 valence electrons. The summed E-state index contributed by atoms with van der Waals surface area (Å²) in [6.07, 6.45) is 8.34. The summed E-state index contributed by atoms with van der Waals surface area (Å²) in [7, 11) is 0. The van der Waals surface area contributed by atoms with Crippen molar-refractivity contribution in [2.45, 2.75) is 44.8 Å². The molecule has 0 bridgehead atoms. The molecule has 1 N–H and O–H groups in total. The molecule has 28 heavy (non-hydrogen) atoms. The Morgan fingerprint density at radius 2 is 1.96 bits per heavy atom. The molecule has 2 heterocycles. The van der Waals surface area contributed by atoms with Crippen LogP contribution < -0.4 is 10.1 Å². The van der Waals surface area contributed by atoms with Crippen molar-refractivity contribution in [2.24, 2.45) is 0 Å². The van der Waals surface area contributed by atoms with Gasteiger partial charge in [-0.3, -0.25) is 9.78 Å². The second-order valence-corrected chi connectivity index (χ2v) is 6.78. The third kappa shape index (κ3) is 4.16. The van der Waals surface area contributed by atoms with Crippen LogP contribution in [0.25, 0.3) is 11.5 Å². The van der Waals surface area contributed by atoms with Gasteiger partial charge in [-0.1, -0.05) is 12.1 Å². The molecule has 0 radical (unpaired) electrons. The summed E-state index contributed by atoms with van der Waals surface area (Å²) in [5.41, 5.74) is 1.17. The van der Waals surface area contributed by atoms with Crippen molar-refractivity contribution in [3.63, 3.8) is 0 Å². The predicted molar refractivity (Wildman–Crippen MR) is 101 cm³/mol. The number of ether oxygens (including phenoxy) is 1. The second-order valence-electron chi connectivity index (χ2n) is 6.78. The van der Waals surface area contributed by atoms with Crippen LogP contribution in [-0.2, 0) is 0 Å². The molecule has 0 aliphatic heterocycles. The Labute approximate surface area is 162 Å². The summed E-state index contributed by atoms with van der Waals surface area (Å²) in [5.74, 6) is 1.22. The first-order chi connectivity index (χ1) is 13.7. The number of hydrogen-bond donors (Lipinski definition) is 1. The molecule has 2 aromatic heterocycles. The predicted octanol–water partition coefficient (Wildman–Crippen LogP) is 2.96. The third-order valence-electron chi connectivity index (χ3n) is 4.76. The number of carbonyl (C=O) groups is 1. The normalized spacial score (nSPS) is 19.2. The molecule has 1 fully saturated rings. The van der Waals surface area contributed by atoms with Crippen LogP contribution >= 0.6 is 0 Å². The van der Waals surface area contributed by atoms with Crippen molar-refractivity contribution < 1.29 is 13.9 Å². The van der Waals surface area contributed by atoms with E-state index in [1.165, 1.54) is 0 Å². The molecule has 4 rings (SSSR count). The Balaban J connectivity index is 1.36. The summed E-state index contributed by atoms with van der Waals surface area (Å²) in [4.78, 5) is 21.0. The van der Waals surface area contributed by atoms with Crippen LogP contribution in [0.4, 0.5) is 0 Å². The maximum atomic E-state index is 12.8. The van der Waals surface area contributed by atoms with E-state index in [9.17, 15) is 4.79 Å². The van der Waals surface area contributed by atoms with E-state index < -0.39 is 0 Å². The van der Waals surface area contributed by atoms with E-state index in [2.05, 4.69) is 25.5 Å². The highest BCUT2D eigenvalue weighted by Gasteiger charge is 2.25. The number of nitrogens with one attached hydrogen (secondary N) is 1. The SMILES string of the molecule is Cc1nnc(-c2ccccc2C(=O)NC2CCC(Oc3cnccn3)CC2)o1. The van der Waals surface area contributed by atoms with Crippen molar-refractivity contribution in [1.82, 2.24) is 25.5 Å². The molecular formula is C20H21N5O3. The summed E-state index contributed by atoms with van der Waals surface area (Å²) in [6.45, 7) is 1.72. The van der Waals surface area contributed by atoms with Gasteiger partial charge in [0.05, 0.1) is 17.3 Å². The number of hydrogen-bond acceptors (Lipinski definition) is 7. The van der Waals surface area contributed by atoms with E-state index in [0.717, 1.165) is 25.7 Å². The lowest BCUT2D eigenvalue weighted by Gasteiger charge is -2.29. The number of nitrogens with zero attached hydrogens (tertiary/aromatic N) is 4. The highest BCUT2D eigenvalue weighted by Crippen LogP contribution is 2.25. The molecule has 8 nitrogen and oxygen atoms in total. The molecule has 1 amide bonds. The van der Waals surface area contributed by atoms with Crippen LogP contribution in [0.2, 0.25) is 0 Å². The standard InChI is InChI=1S/C20H21N5O3/c1-13-24-25-20(27-13)17-5-3-2-4-16(17)19(26)23-14-6-8-15(9-7-14)28-18-12-21-10-11-22-18/h2-5,10-12,14-15H,6-9H2,1H3,(H,23,26). The van der Waals surface area contributed by atoms with Gasteiger partial charge in [0.25, 0.3) is 5.91 Å². The van der Waals surface area contributed by atoms with E-state index in [1.807, 2.05) is 18.2 Å². The van der Waals surface area contributed by atoms with Crippen LogP contribution in [0, 0.1) is 6.92 Å². The van der Waals surface area contributed by atoms with Gasteiger partial charge in [0.1, 0.15) is 6.10 Å². The zero-order chi connectivity index (χ0) is 19.3. The lowest BCUT2D eigenvalue weighted by atomic mass is 9.92. The lowest BCUT2D eigenvalue weighted by Crippen LogP contribution is -2.39. The zero-order valence-corrected chi connectivity index (χ0v) is 15.5. The molecule has 0 spiro atoms. The van der Waals surface area contributed by atoms with E-state index >= 15 is 0 Å².